The highest BCUT2D eigenvalue weighted by Gasteiger charge is 2.03. The summed E-state index contributed by atoms with van der Waals surface area (Å²) in [5.41, 5.74) is 2.06. The Kier molecular flexibility index (Phi) is 5.89. The lowest BCUT2D eigenvalue weighted by Crippen LogP contribution is -2.20. The molecule has 2 N–H and O–H groups in total. The molecule has 1 heterocycles. The third kappa shape index (κ3) is 3.99. The van der Waals surface area contributed by atoms with Gasteiger partial charge in [0, 0.05) is 36.2 Å². The number of hydrogen-bond donors (Lipinski definition) is 2. The van der Waals surface area contributed by atoms with Gasteiger partial charge < -0.3 is 15.4 Å². The van der Waals surface area contributed by atoms with Crippen LogP contribution in [-0.2, 0) is 0 Å². The molecular weight excluding hydrogens is 274 g/mol. The number of benzene rings is 1. The number of alkyl halides is 1. The minimum atomic E-state index is 0.655. The van der Waals surface area contributed by atoms with Crippen LogP contribution < -0.4 is 15.4 Å². The molecule has 0 aliphatic heterocycles. The van der Waals surface area contributed by atoms with Crippen LogP contribution in [0.25, 0.3) is 10.9 Å². The van der Waals surface area contributed by atoms with Crippen molar-refractivity contribution in [3.8, 4) is 5.75 Å². The number of hydrogen-bond acceptors (Lipinski definition) is 4. The molecule has 0 aliphatic rings. The molecule has 0 radical (unpaired) electrons. The number of nitrogens with one attached hydrogen (secondary N) is 2. The van der Waals surface area contributed by atoms with Gasteiger partial charge in [0.2, 0.25) is 0 Å². The van der Waals surface area contributed by atoms with Crippen molar-refractivity contribution in [3.05, 3.63) is 30.5 Å². The molecule has 0 spiro atoms. The van der Waals surface area contributed by atoms with E-state index >= 15 is 0 Å². The van der Waals surface area contributed by atoms with Crippen LogP contribution in [0.4, 0.5) is 5.69 Å². The zero-order valence-electron chi connectivity index (χ0n) is 11.7. The van der Waals surface area contributed by atoms with E-state index in [1.165, 1.54) is 0 Å². The third-order valence-electron chi connectivity index (χ3n) is 3.07. The van der Waals surface area contributed by atoms with Crippen molar-refractivity contribution in [1.29, 1.82) is 0 Å². The lowest BCUT2D eigenvalue weighted by atomic mass is 10.1. The molecule has 1 aromatic carbocycles. The second-order valence-electron chi connectivity index (χ2n) is 4.46. The number of anilines is 1. The highest BCUT2D eigenvalue weighted by atomic mass is 35.5. The largest absolute Gasteiger partial charge is 0.497 e. The van der Waals surface area contributed by atoms with Crippen LogP contribution in [0.15, 0.2) is 30.5 Å². The van der Waals surface area contributed by atoms with Crippen LogP contribution >= 0.6 is 11.6 Å². The number of methoxy groups -OCH3 is 1. The fraction of sp³-hybridized carbons (Fsp3) is 0.400. The topological polar surface area (TPSA) is 46.2 Å². The first-order valence-corrected chi connectivity index (χ1v) is 7.32. The van der Waals surface area contributed by atoms with E-state index in [-0.39, 0.29) is 0 Å². The van der Waals surface area contributed by atoms with Crippen LogP contribution in [0, 0.1) is 0 Å². The molecule has 0 bridgehead atoms. The predicted octanol–water partition coefficient (Wildman–Crippen LogP) is 2.87. The summed E-state index contributed by atoms with van der Waals surface area (Å²) in [5, 5.41) is 7.80. The average Bonchev–Trinajstić information content (AvgIpc) is 2.50. The summed E-state index contributed by atoms with van der Waals surface area (Å²) in [5.74, 6) is 1.50. The zero-order valence-corrected chi connectivity index (χ0v) is 12.4. The van der Waals surface area contributed by atoms with E-state index in [1.54, 1.807) is 7.11 Å². The van der Waals surface area contributed by atoms with Gasteiger partial charge in [0.1, 0.15) is 5.75 Å². The van der Waals surface area contributed by atoms with Gasteiger partial charge in [-0.05, 0) is 37.2 Å². The van der Waals surface area contributed by atoms with E-state index in [1.807, 2.05) is 30.5 Å². The Bertz CT molecular complexity index is 548. The normalized spacial score (nSPS) is 10.7. The molecule has 0 aliphatic carbocycles. The summed E-state index contributed by atoms with van der Waals surface area (Å²) in [6, 6.07) is 7.90. The molecule has 0 unspecified atom stereocenters. The highest BCUT2D eigenvalue weighted by molar-refractivity contribution is 6.18. The Morgan fingerprint density at radius 1 is 1.20 bits per heavy atom. The van der Waals surface area contributed by atoms with E-state index in [9.17, 15) is 0 Å². The minimum absolute atomic E-state index is 0.655. The van der Waals surface area contributed by atoms with Gasteiger partial charge in [-0.1, -0.05) is 0 Å². The second-order valence-corrected chi connectivity index (χ2v) is 4.84. The molecule has 0 saturated heterocycles. The van der Waals surface area contributed by atoms with E-state index < -0.39 is 0 Å². The van der Waals surface area contributed by atoms with Gasteiger partial charge in [-0.25, -0.2) is 0 Å². The smallest absolute Gasteiger partial charge is 0.119 e. The van der Waals surface area contributed by atoms with Crippen LogP contribution in [0.2, 0.25) is 0 Å². The lowest BCUT2D eigenvalue weighted by Gasteiger charge is -2.10. The molecule has 0 saturated carbocycles. The van der Waals surface area contributed by atoms with Gasteiger partial charge in [-0.15, -0.1) is 11.6 Å². The molecular formula is C15H20ClN3O. The van der Waals surface area contributed by atoms with Crippen LogP contribution in [0.3, 0.4) is 0 Å². The van der Waals surface area contributed by atoms with Crippen molar-refractivity contribution in [3.63, 3.8) is 0 Å². The Hall–Kier alpha value is -1.52. The summed E-state index contributed by atoms with van der Waals surface area (Å²) in [6.07, 6.45) is 2.87. The Morgan fingerprint density at radius 3 is 2.90 bits per heavy atom. The molecule has 0 amide bonds. The molecule has 5 heteroatoms. The molecule has 2 aromatic rings. The molecule has 1 aromatic heterocycles. The van der Waals surface area contributed by atoms with Crippen LogP contribution in [-0.4, -0.2) is 37.6 Å². The van der Waals surface area contributed by atoms with Crippen molar-refractivity contribution < 1.29 is 4.74 Å². The molecule has 0 atom stereocenters. The Balaban J connectivity index is 1.98. The van der Waals surface area contributed by atoms with Gasteiger partial charge >= 0.3 is 0 Å². The molecule has 108 valence electrons. The van der Waals surface area contributed by atoms with Gasteiger partial charge in [0.05, 0.1) is 12.6 Å². The van der Waals surface area contributed by atoms with Crippen LogP contribution in [0.1, 0.15) is 6.42 Å². The summed E-state index contributed by atoms with van der Waals surface area (Å²) in [6.45, 7) is 2.73. The average molecular weight is 294 g/mol. The van der Waals surface area contributed by atoms with E-state index in [4.69, 9.17) is 16.3 Å². The first kappa shape index (κ1) is 14.9. The summed E-state index contributed by atoms with van der Waals surface area (Å²) in [4.78, 5) is 4.36. The van der Waals surface area contributed by atoms with Gasteiger partial charge in [0.25, 0.3) is 0 Å². The zero-order chi connectivity index (χ0) is 14.2. The van der Waals surface area contributed by atoms with Crippen LogP contribution in [0.5, 0.6) is 5.75 Å². The van der Waals surface area contributed by atoms with Crippen molar-refractivity contribution in [2.24, 2.45) is 0 Å². The Morgan fingerprint density at radius 2 is 2.10 bits per heavy atom. The van der Waals surface area contributed by atoms with Crippen molar-refractivity contribution in [2.75, 3.05) is 37.9 Å². The SMILES string of the molecule is COc1ccc2nccc(NCCCNCCCl)c2c1. The summed E-state index contributed by atoms with van der Waals surface area (Å²) in [7, 11) is 1.67. The van der Waals surface area contributed by atoms with Crippen molar-refractivity contribution in [1.82, 2.24) is 10.3 Å². The van der Waals surface area contributed by atoms with E-state index in [0.717, 1.165) is 48.4 Å². The first-order chi connectivity index (χ1) is 9.85. The maximum atomic E-state index is 5.61. The van der Waals surface area contributed by atoms with Crippen molar-refractivity contribution >= 4 is 28.2 Å². The fourth-order valence-electron chi connectivity index (χ4n) is 2.03. The monoisotopic (exact) mass is 293 g/mol. The number of aromatic nitrogens is 1. The predicted molar refractivity (Wildman–Crippen MR) is 85.0 cm³/mol. The first-order valence-electron chi connectivity index (χ1n) is 6.78. The van der Waals surface area contributed by atoms with E-state index in [2.05, 4.69) is 15.6 Å². The molecule has 0 fully saturated rings. The number of pyridine rings is 1. The second kappa shape index (κ2) is 7.92. The summed E-state index contributed by atoms with van der Waals surface area (Å²) >= 11 is 5.61. The van der Waals surface area contributed by atoms with Gasteiger partial charge in [-0.2, -0.15) is 0 Å². The maximum absolute atomic E-state index is 5.61. The molecule has 20 heavy (non-hydrogen) atoms. The van der Waals surface area contributed by atoms with E-state index in [0.29, 0.717) is 5.88 Å². The van der Waals surface area contributed by atoms with Gasteiger partial charge in [0.15, 0.2) is 0 Å². The molecule has 4 nitrogen and oxygen atoms in total. The Labute approximate surface area is 124 Å². The summed E-state index contributed by atoms with van der Waals surface area (Å²) < 4.78 is 5.27. The number of rotatable bonds is 8. The number of ether oxygens (including phenoxy) is 1. The standard InChI is InChI=1S/C15H20ClN3O/c1-20-12-3-4-14-13(11-12)15(5-9-19-14)18-8-2-7-17-10-6-16/h3-5,9,11,17H,2,6-8,10H2,1H3,(H,18,19). The molecule has 2 rings (SSSR count). The third-order valence-corrected chi connectivity index (χ3v) is 3.25. The highest BCUT2D eigenvalue weighted by Crippen LogP contribution is 2.25. The number of fused-ring (bicyclic) bond motifs is 1. The van der Waals surface area contributed by atoms with Crippen molar-refractivity contribution in [2.45, 2.75) is 6.42 Å². The quantitative estimate of drug-likeness (QED) is 0.580. The van der Waals surface area contributed by atoms with Gasteiger partial charge in [-0.3, -0.25) is 4.98 Å². The number of nitrogens with zero attached hydrogens (tertiary/aromatic N) is 1. The number of halogens is 1. The maximum Gasteiger partial charge on any atom is 0.119 e. The fourth-order valence-corrected chi connectivity index (χ4v) is 2.17. The lowest BCUT2D eigenvalue weighted by molar-refractivity contribution is 0.415. The minimum Gasteiger partial charge on any atom is -0.497 e.